The Balaban J connectivity index is 1.77. The van der Waals surface area contributed by atoms with Gasteiger partial charge in [-0.25, -0.2) is 0 Å². The van der Waals surface area contributed by atoms with Gasteiger partial charge >= 0.3 is 0 Å². The predicted octanol–water partition coefficient (Wildman–Crippen LogP) is 1.13. The number of nitrogen functional groups attached to an aromatic ring is 1. The zero-order chi connectivity index (χ0) is 13.9. The topological polar surface area (TPSA) is 87.4 Å². The molecular formula is C13H15N7. The number of aryl methyl sites for hydroxylation is 3. The molecule has 0 spiro atoms. The molecule has 0 aliphatic heterocycles. The third-order valence-corrected chi connectivity index (χ3v) is 3.04. The van der Waals surface area contributed by atoms with Crippen molar-refractivity contribution in [1.29, 1.82) is 0 Å². The Hall–Kier alpha value is -2.70. The molecule has 0 saturated heterocycles. The predicted molar refractivity (Wildman–Crippen MR) is 74.6 cm³/mol. The van der Waals surface area contributed by atoms with Crippen LogP contribution in [0.3, 0.4) is 0 Å². The van der Waals surface area contributed by atoms with E-state index in [1.54, 1.807) is 17.1 Å². The molecule has 0 radical (unpaired) electrons. The average Bonchev–Trinajstić information content (AvgIpc) is 3.10. The van der Waals surface area contributed by atoms with Crippen molar-refractivity contribution < 1.29 is 0 Å². The van der Waals surface area contributed by atoms with Gasteiger partial charge in [0.2, 0.25) is 0 Å². The fourth-order valence-electron chi connectivity index (χ4n) is 1.98. The van der Waals surface area contributed by atoms with Crippen molar-refractivity contribution >= 4 is 5.69 Å². The van der Waals surface area contributed by atoms with E-state index in [9.17, 15) is 0 Å². The SMILES string of the molecule is Cc1ncc(N)cc1-c1cn(CCn2cccn2)nn1. The van der Waals surface area contributed by atoms with Gasteiger partial charge in [0.1, 0.15) is 5.69 Å². The van der Waals surface area contributed by atoms with E-state index < -0.39 is 0 Å². The third kappa shape index (κ3) is 2.51. The summed E-state index contributed by atoms with van der Waals surface area (Å²) < 4.78 is 3.65. The van der Waals surface area contributed by atoms with Gasteiger partial charge in [0.15, 0.2) is 0 Å². The van der Waals surface area contributed by atoms with Crippen molar-refractivity contribution in [2.24, 2.45) is 0 Å². The molecule has 0 unspecified atom stereocenters. The van der Waals surface area contributed by atoms with E-state index in [1.165, 1.54) is 0 Å². The largest absolute Gasteiger partial charge is 0.397 e. The highest BCUT2D eigenvalue weighted by molar-refractivity contribution is 5.64. The van der Waals surface area contributed by atoms with Crippen LogP contribution in [0.25, 0.3) is 11.3 Å². The highest BCUT2D eigenvalue weighted by atomic mass is 15.4. The van der Waals surface area contributed by atoms with E-state index in [0.717, 1.165) is 23.5 Å². The fourth-order valence-corrected chi connectivity index (χ4v) is 1.98. The van der Waals surface area contributed by atoms with Crippen LogP contribution in [-0.4, -0.2) is 29.8 Å². The van der Waals surface area contributed by atoms with Crippen LogP contribution in [0.1, 0.15) is 5.69 Å². The molecule has 0 aliphatic carbocycles. The quantitative estimate of drug-likeness (QED) is 0.767. The van der Waals surface area contributed by atoms with E-state index in [4.69, 9.17) is 5.73 Å². The van der Waals surface area contributed by atoms with E-state index in [0.29, 0.717) is 12.2 Å². The van der Waals surface area contributed by atoms with E-state index in [-0.39, 0.29) is 0 Å². The van der Waals surface area contributed by atoms with Crippen molar-refractivity contribution in [1.82, 2.24) is 29.8 Å². The van der Waals surface area contributed by atoms with Crippen LogP contribution in [0.4, 0.5) is 5.69 Å². The first-order valence-corrected chi connectivity index (χ1v) is 6.32. The highest BCUT2D eigenvalue weighted by Gasteiger charge is 2.08. The zero-order valence-corrected chi connectivity index (χ0v) is 11.1. The van der Waals surface area contributed by atoms with Gasteiger partial charge in [-0.3, -0.25) is 14.3 Å². The molecule has 0 atom stereocenters. The number of aromatic nitrogens is 6. The number of pyridine rings is 1. The summed E-state index contributed by atoms with van der Waals surface area (Å²) in [6.07, 6.45) is 7.21. The summed E-state index contributed by atoms with van der Waals surface area (Å²) in [6, 6.07) is 3.76. The molecule has 0 bridgehead atoms. The van der Waals surface area contributed by atoms with Gasteiger partial charge in [0.25, 0.3) is 0 Å². The Bertz CT molecular complexity index is 699. The van der Waals surface area contributed by atoms with Gasteiger partial charge in [-0.1, -0.05) is 5.21 Å². The molecule has 3 aromatic rings. The Kier molecular flexibility index (Phi) is 3.16. The smallest absolute Gasteiger partial charge is 0.114 e. The second kappa shape index (κ2) is 5.12. The Labute approximate surface area is 116 Å². The van der Waals surface area contributed by atoms with Crippen molar-refractivity contribution in [2.45, 2.75) is 20.0 Å². The van der Waals surface area contributed by atoms with E-state index >= 15 is 0 Å². The van der Waals surface area contributed by atoms with E-state index in [2.05, 4.69) is 20.4 Å². The maximum Gasteiger partial charge on any atom is 0.114 e. The summed E-state index contributed by atoms with van der Waals surface area (Å²) in [4.78, 5) is 4.23. The van der Waals surface area contributed by atoms with Gasteiger partial charge in [0, 0.05) is 23.7 Å². The van der Waals surface area contributed by atoms with E-state index in [1.807, 2.05) is 36.1 Å². The molecular weight excluding hydrogens is 254 g/mol. The lowest BCUT2D eigenvalue weighted by Gasteiger charge is -2.02. The molecule has 102 valence electrons. The second-order valence-corrected chi connectivity index (χ2v) is 4.54. The highest BCUT2D eigenvalue weighted by Crippen LogP contribution is 2.21. The molecule has 0 aromatic carbocycles. The van der Waals surface area contributed by atoms with Gasteiger partial charge in [-0.05, 0) is 19.1 Å². The summed E-state index contributed by atoms with van der Waals surface area (Å²) in [7, 11) is 0. The van der Waals surface area contributed by atoms with Gasteiger partial charge in [-0.2, -0.15) is 5.10 Å². The van der Waals surface area contributed by atoms with Crippen LogP contribution in [0.2, 0.25) is 0 Å². The lowest BCUT2D eigenvalue weighted by Crippen LogP contribution is -2.08. The third-order valence-electron chi connectivity index (χ3n) is 3.04. The molecule has 0 amide bonds. The van der Waals surface area contributed by atoms with Crippen LogP contribution >= 0.6 is 0 Å². The Morgan fingerprint density at radius 3 is 2.90 bits per heavy atom. The molecule has 20 heavy (non-hydrogen) atoms. The minimum atomic E-state index is 0.622. The van der Waals surface area contributed by atoms with Crippen LogP contribution in [0, 0.1) is 6.92 Å². The first-order chi connectivity index (χ1) is 9.72. The normalized spacial score (nSPS) is 10.8. The summed E-state index contributed by atoms with van der Waals surface area (Å²) >= 11 is 0. The fraction of sp³-hybridized carbons (Fsp3) is 0.231. The lowest BCUT2D eigenvalue weighted by molar-refractivity contribution is 0.490. The minimum Gasteiger partial charge on any atom is -0.397 e. The molecule has 3 aromatic heterocycles. The van der Waals surface area contributed by atoms with Crippen molar-refractivity contribution in [2.75, 3.05) is 5.73 Å². The number of hydrogen-bond donors (Lipinski definition) is 1. The van der Waals surface area contributed by atoms with Crippen molar-refractivity contribution in [3.05, 3.63) is 42.6 Å². The summed E-state index contributed by atoms with van der Waals surface area (Å²) in [6.45, 7) is 3.39. The number of hydrogen-bond acceptors (Lipinski definition) is 5. The molecule has 0 fully saturated rings. The zero-order valence-electron chi connectivity index (χ0n) is 11.1. The summed E-state index contributed by atoms with van der Waals surface area (Å²) in [5.41, 5.74) is 8.97. The second-order valence-electron chi connectivity index (χ2n) is 4.54. The molecule has 0 saturated carbocycles. The Morgan fingerprint density at radius 1 is 1.25 bits per heavy atom. The molecule has 3 rings (SSSR count). The van der Waals surface area contributed by atoms with Gasteiger partial charge in [-0.15, -0.1) is 5.10 Å². The summed E-state index contributed by atoms with van der Waals surface area (Å²) in [5, 5.41) is 12.4. The maximum atomic E-state index is 5.77. The molecule has 7 heteroatoms. The average molecular weight is 269 g/mol. The van der Waals surface area contributed by atoms with Crippen LogP contribution in [0.5, 0.6) is 0 Å². The maximum absolute atomic E-state index is 5.77. The van der Waals surface area contributed by atoms with Crippen LogP contribution in [0.15, 0.2) is 36.9 Å². The summed E-state index contributed by atoms with van der Waals surface area (Å²) in [5.74, 6) is 0. The van der Waals surface area contributed by atoms with Gasteiger partial charge < -0.3 is 5.73 Å². The molecule has 3 heterocycles. The first kappa shape index (κ1) is 12.3. The van der Waals surface area contributed by atoms with Crippen molar-refractivity contribution in [3.8, 4) is 11.3 Å². The lowest BCUT2D eigenvalue weighted by atomic mass is 10.1. The molecule has 7 nitrogen and oxygen atoms in total. The molecule has 2 N–H and O–H groups in total. The van der Waals surface area contributed by atoms with Crippen LogP contribution in [-0.2, 0) is 13.1 Å². The van der Waals surface area contributed by atoms with Crippen molar-refractivity contribution in [3.63, 3.8) is 0 Å². The Morgan fingerprint density at radius 2 is 2.10 bits per heavy atom. The first-order valence-electron chi connectivity index (χ1n) is 6.32. The van der Waals surface area contributed by atoms with Crippen LogP contribution < -0.4 is 5.73 Å². The van der Waals surface area contributed by atoms with Gasteiger partial charge in [0.05, 0.1) is 31.2 Å². The monoisotopic (exact) mass is 269 g/mol. The number of anilines is 1. The number of nitrogens with two attached hydrogens (primary N) is 1. The standard InChI is InChI=1S/C13H15N7/c1-10-12(7-11(14)8-15-10)13-9-20(18-17-13)6-5-19-4-2-3-16-19/h2-4,7-9H,5-6,14H2,1H3. The number of rotatable bonds is 4. The minimum absolute atomic E-state index is 0.622. The molecule has 0 aliphatic rings. The number of nitrogens with zero attached hydrogens (tertiary/aromatic N) is 6.